The number of methoxy groups -OCH3 is 2. The van der Waals surface area contributed by atoms with E-state index in [2.05, 4.69) is 5.32 Å². The summed E-state index contributed by atoms with van der Waals surface area (Å²) in [6.07, 6.45) is 4.13. The number of hydrogen-bond acceptors (Lipinski definition) is 8. The first kappa shape index (κ1) is 21.2. The van der Waals surface area contributed by atoms with Crippen LogP contribution in [0, 0.1) is 16.0 Å². The predicted molar refractivity (Wildman–Crippen MR) is 98.2 cm³/mol. The monoisotopic (exact) mass is 393 g/mol. The van der Waals surface area contributed by atoms with E-state index in [1.165, 1.54) is 25.3 Å². The summed E-state index contributed by atoms with van der Waals surface area (Å²) >= 11 is 0. The van der Waals surface area contributed by atoms with Crippen molar-refractivity contribution in [3.63, 3.8) is 0 Å². The minimum atomic E-state index is -0.969. The van der Waals surface area contributed by atoms with Crippen LogP contribution >= 0.6 is 0 Å². The number of carbonyl (C=O) groups excluding carboxylic acids is 2. The van der Waals surface area contributed by atoms with Gasteiger partial charge in [0.05, 0.1) is 36.5 Å². The number of dihydropyridines is 1. The molecule has 0 aromatic rings. The average molecular weight is 393 g/mol. The Hall–Kier alpha value is -3.14. The van der Waals surface area contributed by atoms with Crippen LogP contribution in [0.1, 0.15) is 13.8 Å². The zero-order valence-electron chi connectivity index (χ0n) is 16.2. The van der Waals surface area contributed by atoms with Crippen molar-refractivity contribution in [2.75, 3.05) is 34.0 Å². The Kier molecular flexibility index (Phi) is 6.94. The lowest BCUT2D eigenvalue weighted by Crippen LogP contribution is -2.38. The number of allylic oxidation sites excluding steroid dienone is 5. The predicted octanol–water partition coefficient (Wildman–Crippen LogP) is 1.70. The summed E-state index contributed by atoms with van der Waals surface area (Å²) in [4.78, 5) is 37.1. The van der Waals surface area contributed by atoms with Crippen molar-refractivity contribution in [1.82, 2.24) is 10.2 Å². The largest absolute Gasteiger partial charge is 0.460 e. The fourth-order valence-electron chi connectivity index (χ4n) is 3.15. The molecule has 1 unspecified atom stereocenters. The number of carbonyl (C=O) groups is 2. The van der Waals surface area contributed by atoms with Crippen LogP contribution < -0.4 is 5.32 Å². The number of nitro groups is 1. The van der Waals surface area contributed by atoms with Crippen molar-refractivity contribution in [2.24, 2.45) is 5.92 Å². The molecule has 0 radical (unpaired) electrons. The molecule has 0 aromatic carbocycles. The fourth-order valence-corrected chi connectivity index (χ4v) is 3.15. The molecule has 1 atom stereocenters. The van der Waals surface area contributed by atoms with E-state index >= 15 is 0 Å². The molecule has 0 spiro atoms. The molecule has 1 amide bonds. The lowest BCUT2D eigenvalue weighted by atomic mass is 9.82. The zero-order valence-corrected chi connectivity index (χ0v) is 16.2. The second-order valence-electron chi connectivity index (χ2n) is 6.17. The van der Waals surface area contributed by atoms with Gasteiger partial charge in [-0.15, -0.1) is 0 Å². The third-order valence-corrected chi connectivity index (χ3v) is 4.37. The standard InChI is InChI=1S/C18H23N3O7/c1-11-14(17(22)28-9-8-26-3)15(16(21(24)25)12(2)19-11)13-6-5-7-20(10-13)18(23)27-4/h5-7,15,19H,8-10H2,1-4H3. The quantitative estimate of drug-likeness (QED) is 0.313. The molecule has 0 saturated carbocycles. The first-order chi connectivity index (χ1) is 13.3. The lowest BCUT2D eigenvalue weighted by molar-refractivity contribution is -0.433. The van der Waals surface area contributed by atoms with Crippen LogP contribution in [0.5, 0.6) is 0 Å². The number of hydrogen-bond donors (Lipinski definition) is 1. The highest BCUT2D eigenvalue weighted by molar-refractivity contribution is 5.92. The Bertz CT molecular complexity index is 795. The molecule has 1 N–H and O–H groups in total. The highest BCUT2D eigenvalue weighted by Crippen LogP contribution is 2.37. The maximum atomic E-state index is 12.7. The normalized spacial score (nSPS) is 19.2. The van der Waals surface area contributed by atoms with Crippen molar-refractivity contribution in [1.29, 1.82) is 0 Å². The van der Waals surface area contributed by atoms with E-state index in [4.69, 9.17) is 14.2 Å². The zero-order chi connectivity index (χ0) is 20.8. The van der Waals surface area contributed by atoms with E-state index < -0.39 is 22.9 Å². The molecule has 28 heavy (non-hydrogen) atoms. The molecule has 10 heteroatoms. The Morgan fingerprint density at radius 3 is 2.61 bits per heavy atom. The van der Waals surface area contributed by atoms with Crippen LogP contribution in [0.4, 0.5) is 4.79 Å². The molecule has 2 aliphatic rings. The first-order valence-electron chi connectivity index (χ1n) is 8.52. The Morgan fingerprint density at radius 1 is 1.29 bits per heavy atom. The number of ether oxygens (including phenoxy) is 3. The number of nitrogens with zero attached hydrogens (tertiary/aromatic N) is 2. The molecule has 152 valence electrons. The van der Waals surface area contributed by atoms with Crippen LogP contribution in [0.25, 0.3) is 0 Å². The van der Waals surface area contributed by atoms with Gasteiger partial charge in [0.2, 0.25) is 0 Å². The Morgan fingerprint density at radius 2 is 2.00 bits per heavy atom. The van der Waals surface area contributed by atoms with Gasteiger partial charge in [-0.05, 0) is 25.5 Å². The SMILES string of the molecule is COCCOC(=O)C1=C(C)NC(C)=C([N+](=O)[O-])C1C1=CC=CN(C(=O)OC)C1. The van der Waals surface area contributed by atoms with Crippen molar-refractivity contribution in [2.45, 2.75) is 13.8 Å². The third-order valence-electron chi connectivity index (χ3n) is 4.37. The maximum Gasteiger partial charge on any atom is 0.413 e. The van der Waals surface area contributed by atoms with Gasteiger partial charge in [0, 0.05) is 19.0 Å². The van der Waals surface area contributed by atoms with E-state index in [1.807, 2.05) is 0 Å². The Balaban J connectivity index is 2.45. The van der Waals surface area contributed by atoms with Gasteiger partial charge in [0.25, 0.3) is 5.70 Å². The molecular formula is C18H23N3O7. The molecule has 0 saturated heterocycles. The van der Waals surface area contributed by atoms with E-state index in [-0.39, 0.29) is 31.0 Å². The minimum Gasteiger partial charge on any atom is -0.460 e. The van der Waals surface area contributed by atoms with Gasteiger partial charge in [0.15, 0.2) is 0 Å². The number of rotatable bonds is 6. The van der Waals surface area contributed by atoms with Crippen LogP contribution in [0.2, 0.25) is 0 Å². The maximum absolute atomic E-state index is 12.7. The van der Waals surface area contributed by atoms with Gasteiger partial charge in [-0.2, -0.15) is 0 Å². The topological polar surface area (TPSA) is 120 Å². The molecule has 0 aromatic heterocycles. The van der Waals surface area contributed by atoms with Crippen molar-refractivity contribution < 1.29 is 28.7 Å². The van der Waals surface area contributed by atoms with Gasteiger partial charge in [-0.25, -0.2) is 9.59 Å². The fraction of sp³-hybridized carbons (Fsp3) is 0.444. The molecule has 10 nitrogen and oxygen atoms in total. The lowest BCUT2D eigenvalue weighted by Gasteiger charge is -2.30. The van der Waals surface area contributed by atoms with Crippen molar-refractivity contribution in [3.8, 4) is 0 Å². The van der Waals surface area contributed by atoms with Crippen LogP contribution in [-0.2, 0) is 19.0 Å². The summed E-state index contributed by atoms with van der Waals surface area (Å²) in [6.45, 7) is 3.48. The number of esters is 1. The number of amides is 1. The van der Waals surface area contributed by atoms with E-state index in [9.17, 15) is 19.7 Å². The van der Waals surface area contributed by atoms with Gasteiger partial charge < -0.3 is 19.5 Å². The van der Waals surface area contributed by atoms with Crippen LogP contribution in [0.15, 0.2) is 46.6 Å². The summed E-state index contributed by atoms with van der Waals surface area (Å²) in [6, 6.07) is 0. The molecule has 2 rings (SSSR count). The number of nitrogens with one attached hydrogen (secondary N) is 1. The summed E-state index contributed by atoms with van der Waals surface area (Å²) in [5.41, 5.74) is 1.23. The summed E-state index contributed by atoms with van der Waals surface area (Å²) in [5, 5.41) is 14.7. The summed E-state index contributed by atoms with van der Waals surface area (Å²) in [7, 11) is 2.72. The van der Waals surface area contributed by atoms with Gasteiger partial charge in [0.1, 0.15) is 12.5 Å². The molecule has 0 aliphatic carbocycles. The van der Waals surface area contributed by atoms with Gasteiger partial charge in [-0.3, -0.25) is 15.0 Å². The van der Waals surface area contributed by atoms with E-state index in [0.29, 0.717) is 17.0 Å². The van der Waals surface area contributed by atoms with Crippen molar-refractivity contribution >= 4 is 12.1 Å². The Labute approximate surface area is 162 Å². The van der Waals surface area contributed by atoms with Crippen LogP contribution in [-0.4, -0.2) is 55.9 Å². The molecule has 0 bridgehead atoms. The highest BCUT2D eigenvalue weighted by atomic mass is 16.6. The minimum absolute atomic E-state index is 0.0164. The van der Waals surface area contributed by atoms with Crippen molar-refractivity contribution in [3.05, 3.63) is 56.7 Å². The average Bonchev–Trinajstić information content (AvgIpc) is 2.66. The second kappa shape index (κ2) is 9.18. The first-order valence-corrected chi connectivity index (χ1v) is 8.52. The highest BCUT2D eigenvalue weighted by Gasteiger charge is 2.42. The molecular weight excluding hydrogens is 370 g/mol. The van der Waals surface area contributed by atoms with Crippen LogP contribution in [0.3, 0.4) is 0 Å². The summed E-state index contributed by atoms with van der Waals surface area (Å²) < 4.78 is 14.8. The molecule has 2 aliphatic heterocycles. The summed E-state index contributed by atoms with van der Waals surface area (Å²) in [5.74, 6) is -1.65. The van der Waals surface area contributed by atoms with E-state index in [1.54, 1.807) is 26.0 Å². The molecule has 0 fully saturated rings. The van der Waals surface area contributed by atoms with Gasteiger partial charge in [-0.1, -0.05) is 6.08 Å². The van der Waals surface area contributed by atoms with Gasteiger partial charge >= 0.3 is 12.1 Å². The van der Waals surface area contributed by atoms with E-state index in [0.717, 1.165) is 0 Å². The third kappa shape index (κ3) is 4.39. The molecule has 2 heterocycles. The second-order valence-corrected chi connectivity index (χ2v) is 6.17. The smallest absolute Gasteiger partial charge is 0.413 e.